The van der Waals surface area contributed by atoms with Gasteiger partial charge in [0.2, 0.25) is 5.91 Å². The van der Waals surface area contributed by atoms with Crippen LogP contribution in [0.25, 0.3) is 0 Å². The van der Waals surface area contributed by atoms with E-state index >= 15 is 0 Å². The summed E-state index contributed by atoms with van der Waals surface area (Å²) in [4.78, 5) is 13.2. The molecule has 3 heteroatoms. The summed E-state index contributed by atoms with van der Waals surface area (Å²) in [6.45, 7) is 3.78. The molecule has 0 aromatic heterocycles. The Morgan fingerprint density at radius 1 is 1.50 bits per heavy atom. The zero-order valence-electron chi connectivity index (χ0n) is 9.18. The van der Waals surface area contributed by atoms with Crippen LogP contribution in [0, 0.1) is 12.3 Å². The fourth-order valence-corrected chi connectivity index (χ4v) is 1.10. The summed E-state index contributed by atoms with van der Waals surface area (Å²) in [6, 6.07) is 0. The number of hydrogen-bond donors (Lipinski definition) is 1. The minimum Gasteiger partial charge on any atom is -0.345 e. The van der Waals surface area contributed by atoms with Crippen LogP contribution >= 0.6 is 0 Å². The van der Waals surface area contributed by atoms with Crippen LogP contribution in [0.2, 0.25) is 0 Å². The first kappa shape index (κ1) is 13.0. The molecule has 0 rings (SSSR count). The van der Waals surface area contributed by atoms with Gasteiger partial charge >= 0.3 is 0 Å². The molecule has 0 spiro atoms. The van der Waals surface area contributed by atoms with Crippen LogP contribution in [0.1, 0.15) is 26.2 Å². The second-order valence-electron chi connectivity index (χ2n) is 3.33. The van der Waals surface area contributed by atoms with Gasteiger partial charge in [0.15, 0.2) is 0 Å². The molecule has 14 heavy (non-hydrogen) atoms. The molecule has 0 atom stereocenters. The molecule has 0 saturated carbocycles. The van der Waals surface area contributed by atoms with Gasteiger partial charge in [-0.1, -0.05) is 25.7 Å². The third-order valence-electron chi connectivity index (χ3n) is 2.03. The molecule has 80 valence electrons. The third kappa shape index (κ3) is 6.50. The largest absolute Gasteiger partial charge is 0.345 e. The van der Waals surface area contributed by atoms with Gasteiger partial charge in [-0.15, -0.1) is 6.42 Å². The van der Waals surface area contributed by atoms with Crippen molar-refractivity contribution in [1.29, 1.82) is 0 Å². The number of unbranched alkanes of at least 4 members (excludes halogenated alkanes) is 2. The van der Waals surface area contributed by atoms with E-state index in [4.69, 9.17) is 6.42 Å². The second kappa shape index (κ2) is 8.58. The van der Waals surface area contributed by atoms with Gasteiger partial charge in [0.25, 0.3) is 0 Å². The summed E-state index contributed by atoms with van der Waals surface area (Å²) in [7, 11) is 1.83. The Hall–Kier alpha value is -1.01. The number of carbonyl (C=O) groups is 1. The number of likely N-dealkylation sites (N-methyl/N-ethyl adjacent to an activating group) is 1. The van der Waals surface area contributed by atoms with Crippen molar-refractivity contribution < 1.29 is 4.79 Å². The zero-order chi connectivity index (χ0) is 10.8. The lowest BCUT2D eigenvalue weighted by molar-refractivity contribution is -0.128. The van der Waals surface area contributed by atoms with Crippen molar-refractivity contribution in [2.75, 3.05) is 26.7 Å². The molecule has 0 aliphatic carbocycles. The lowest BCUT2D eigenvalue weighted by Crippen LogP contribution is -2.36. The maximum Gasteiger partial charge on any atom is 0.236 e. The molecular weight excluding hydrogens is 176 g/mol. The summed E-state index contributed by atoms with van der Waals surface area (Å²) < 4.78 is 0. The quantitative estimate of drug-likeness (QED) is 0.484. The van der Waals surface area contributed by atoms with E-state index in [1.807, 2.05) is 7.05 Å². The molecule has 0 aromatic rings. The maximum atomic E-state index is 11.4. The molecule has 1 N–H and O–H groups in total. The Bertz CT molecular complexity index is 196. The Balaban J connectivity index is 3.50. The van der Waals surface area contributed by atoms with Crippen molar-refractivity contribution in [3.63, 3.8) is 0 Å². The van der Waals surface area contributed by atoms with Crippen LogP contribution in [-0.2, 0) is 4.79 Å². The van der Waals surface area contributed by atoms with E-state index in [0.29, 0.717) is 13.1 Å². The molecule has 0 aliphatic heterocycles. The lowest BCUT2D eigenvalue weighted by atomic mass is 10.2. The van der Waals surface area contributed by atoms with E-state index in [9.17, 15) is 4.79 Å². The summed E-state index contributed by atoms with van der Waals surface area (Å²) in [6.07, 6.45) is 8.48. The van der Waals surface area contributed by atoms with E-state index in [1.54, 1.807) is 4.90 Å². The summed E-state index contributed by atoms with van der Waals surface area (Å²) in [5.41, 5.74) is 0. The van der Waals surface area contributed by atoms with Crippen molar-refractivity contribution in [2.45, 2.75) is 26.2 Å². The highest BCUT2D eigenvalue weighted by molar-refractivity contribution is 5.77. The lowest BCUT2D eigenvalue weighted by Gasteiger charge is -2.16. The number of nitrogens with zero attached hydrogens (tertiary/aromatic N) is 1. The number of rotatable bonds is 7. The molecule has 1 amide bonds. The molecular formula is C11H20N2O. The normalized spacial score (nSPS) is 9.50. The van der Waals surface area contributed by atoms with E-state index in [-0.39, 0.29) is 5.91 Å². The van der Waals surface area contributed by atoms with Crippen LogP contribution in [-0.4, -0.2) is 37.5 Å². The molecule has 0 aromatic carbocycles. The standard InChI is InChI=1S/C11H20N2O/c1-4-6-7-9-13(3)11(14)10-12-8-5-2/h2,12H,4,6-10H2,1,3H3. The average molecular weight is 196 g/mol. The first-order chi connectivity index (χ1) is 6.72. The van der Waals surface area contributed by atoms with Crippen molar-refractivity contribution in [1.82, 2.24) is 10.2 Å². The van der Waals surface area contributed by atoms with Gasteiger partial charge in [0.05, 0.1) is 13.1 Å². The van der Waals surface area contributed by atoms with E-state index < -0.39 is 0 Å². The number of carbonyl (C=O) groups excluding carboxylic acids is 1. The summed E-state index contributed by atoms with van der Waals surface area (Å²) >= 11 is 0. The number of amides is 1. The first-order valence-electron chi connectivity index (χ1n) is 5.10. The van der Waals surface area contributed by atoms with E-state index in [1.165, 1.54) is 12.8 Å². The number of terminal acetylenes is 1. The highest BCUT2D eigenvalue weighted by atomic mass is 16.2. The minimum absolute atomic E-state index is 0.108. The molecule has 0 heterocycles. The fraction of sp³-hybridized carbons (Fsp3) is 0.727. The predicted molar refractivity (Wildman–Crippen MR) is 58.9 cm³/mol. The first-order valence-corrected chi connectivity index (χ1v) is 5.10. The van der Waals surface area contributed by atoms with Crippen molar-refractivity contribution in [2.24, 2.45) is 0 Å². The second-order valence-corrected chi connectivity index (χ2v) is 3.33. The van der Waals surface area contributed by atoms with Crippen LogP contribution in [0.15, 0.2) is 0 Å². The Kier molecular flexibility index (Phi) is 7.96. The van der Waals surface area contributed by atoms with Crippen LogP contribution in [0.3, 0.4) is 0 Å². The summed E-state index contributed by atoms with van der Waals surface area (Å²) in [5, 5.41) is 2.88. The Morgan fingerprint density at radius 2 is 2.21 bits per heavy atom. The van der Waals surface area contributed by atoms with Gasteiger partial charge in [-0.05, 0) is 6.42 Å². The van der Waals surface area contributed by atoms with E-state index in [0.717, 1.165) is 13.0 Å². The van der Waals surface area contributed by atoms with Gasteiger partial charge in [-0.25, -0.2) is 0 Å². The van der Waals surface area contributed by atoms with Gasteiger partial charge < -0.3 is 4.90 Å². The van der Waals surface area contributed by atoms with Crippen LogP contribution < -0.4 is 5.32 Å². The van der Waals surface area contributed by atoms with Crippen LogP contribution in [0.4, 0.5) is 0 Å². The number of hydrogen-bond acceptors (Lipinski definition) is 2. The molecule has 0 aliphatic rings. The van der Waals surface area contributed by atoms with Gasteiger partial charge in [-0.2, -0.15) is 0 Å². The minimum atomic E-state index is 0.108. The Labute approximate surface area is 86.9 Å². The number of nitrogens with one attached hydrogen (secondary N) is 1. The third-order valence-corrected chi connectivity index (χ3v) is 2.03. The van der Waals surface area contributed by atoms with Crippen LogP contribution in [0.5, 0.6) is 0 Å². The van der Waals surface area contributed by atoms with E-state index in [2.05, 4.69) is 18.2 Å². The predicted octanol–water partition coefficient (Wildman–Crippen LogP) is 0.858. The zero-order valence-corrected chi connectivity index (χ0v) is 9.18. The monoisotopic (exact) mass is 196 g/mol. The smallest absolute Gasteiger partial charge is 0.236 e. The Morgan fingerprint density at radius 3 is 2.79 bits per heavy atom. The summed E-state index contributed by atoms with van der Waals surface area (Å²) in [5.74, 6) is 2.54. The molecule has 3 nitrogen and oxygen atoms in total. The highest BCUT2D eigenvalue weighted by Crippen LogP contribution is 1.96. The topological polar surface area (TPSA) is 32.3 Å². The van der Waals surface area contributed by atoms with Gasteiger partial charge in [0.1, 0.15) is 0 Å². The average Bonchev–Trinajstić information content (AvgIpc) is 2.18. The van der Waals surface area contributed by atoms with Gasteiger partial charge in [-0.3, -0.25) is 10.1 Å². The molecule has 0 bridgehead atoms. The SMILES string of the molecule is C#CCNCC(=O)N(C)CCCCC. The van der Waals surface area contributed by atoms with Gasteiger partial charge in [0, 0.05) is 13.6 Å². The molecule has 0 radical (unpaired) electrons. The molecule has 0 fully saturated rings. The van der Waals surface area contributed by atoms with Crippen molar-refractivity contribution in [3.05, 3.63) is 0 Å². The van der Waals surface area contributed by atoms with Crippen molar-refractivity contribution in [3.8, 4) is 12.3 Å². The van der Waals surface area contributed by atoms with Crippen molar-refractivity contribution >= 4 is 5.91 Å². The molecule has 0 saturated heterocycles. The fourth-order valence-electron chi connectivity index (χ4n) is 1.10. The highest BCUT2D eigenvalue weighted by Gasteiger charge is 2.06. The maximum absolute atomic E-state index is 11.4. The molecule has 0 unspecified atom stereocenters.